The van der Waals surface area contributed by atoms with Crippen molar-refractivity contribution in [2.24, 2.45) is 15.3 Å². The molecule has 0 unspecified atom stereocenters. The van der Waals surface area contributed by atoms with Gasteiger partial charge in [-0.05, 0) is 37.4 Å². The van der Waals surface area contributed by atoms with E-state index in [9.17, 15) is 0 Å². The molecule has 0 aliphatic rings. The van der Waals surface area contributed by atoms with Gasteiger partial charge in [0.25, 0.3) is 0 Å². The Balaban J connectivity index is 0.000000225. The van der Waals surface area contributed by atoms with Gasteiger partial charge in [-0.25, -0.2) is 0 Å². The topological polar surface area (TPSA) is 146 Å². The van der Waals surface area contributed by atoms with Crippen molar-refractivity contribution in [2.75, 3.05) is 0 Å². The molecule has 0 N–H and O–H groups in total. The Bertz CT molecular complexity index is 912. The van der Waals surface area contributed by atoms with Gasteiger partial charge in [-0.1, -0.05) is 105 Å². The second-order valence-electron chi connectivity index (χ2n) is 6.07. The maximum atomic E-state index is 8.05. The van der Waals surface area contributed by atoms with Gasteiger partial charge >= 0.3 is 0 Å². The Hall–Kier alpha value is -4.41. The van der Waals surface area contributed by atoms with Gasteiger partial charge < -0.3 is 0 Å². The Morgan fingerprint density at radius 2 is 0.633 bits per heavy atom. The van der Waals surface area contributed by atoms with E-state index < -0.39 is 0 Å². The van der Waals surface area contributed by atoms with Crippen LogP contribution in [0.4, 0.5) is 17.1 Å². The maximum Gasteiger partial charge on any atom is 0.0375 e. The molecule has 9 heteroatoms. The number of aryl methyl sites for hydroxylation is 3. The zero-order valence-corrected chi connectivity index (χ0v) is 17.0. The van der Waals surface area contributed by atoms with E-state index in [1.54, 1.807) is 36.4 Å². The fourth-order valence-corrected chi connectivity index (χ4v) is 1.99. The average Bonchev–Trinajstić information content (AvgIpc) is 2.75. The molecule has 0 amide bonds. The summed E-state index contributed by atoms with van der Waals surface area (Å²) in [5, 5.41) is 10.3. The molecule has 3 rings (SSSR count). The molecular formula is C21H21N9. The molecule has 9 nitrogen and oxygen atoms in total. The third-order valence-electron chi connectivity index (χ3n) is 3.58. The molecule has 0 bridgehead atoms. The van der Waals surface area contributed by atoms with Crippen molar-refractivity contribution in [3.63, 3.8) is 0 Å². The normalized spacial score (nSPS) is 8.50. The first-order chi connectivity index (χ1) is 14.5. The van der Waals surface area contributed by atoms with Crippen LogP contribution in [0.25, 0.3) is 31.3 Å². The fraction of sp³-hybridized carbons (Fsp3) is 0.143. The molecule has 0 fully saturated rings. The van der Waals surface area contributed by atoms with Crippen LogP contribution in [0, 0.1) is 20.8 Å². The van der Waals surface area contributed by atoms with Crippen molar-refractivity contribution in [2.45, 2.75) is 20.8 Å². The Kier molecular flexibility index (Phi) is 10.8. The monoisotopic (exact) mass is 399 g/mol. The summed E-state index contributed by atoms with van der Waals surface area (Å²) in [6, 6.07) is 22.2. The van der Waals surface area contributed by atoms with E-state index in [0.717, 1.165) is 16.7 Å². The van der Waals surface area contributed by atoms with Crippen LogP contribution in [0.5, 0.6) is 0 Å². The first-order valence-corrected chi connectivity index (χ1v) is 8.83. The van der Waals surface area contributed by atoms with Crippen molar-refractivity contribution in [3.8, 4) is 0 Å². The van der Waals surface area contributed by atoms with Crippen LogP contribution in [0.2, 0.25) is 0 Å². The highest BCUT2D eigenvalue weighted by atomic mass is 15.1. The SMILES string of the molecule is Cc1ccc(N=[N+]=[N-])cc1.Cc1ccc(N=[N+]=[N-])cc1.Cc1ccc(N=[N+]=[N-])cc1. The van der Waals surface area contributed by atoms with E-state index in [1.165, 1.54) is 0 Å². The molecule has 3 aromatic carbocycles. The molecule has 0 spiro atoms. The van der Waals surface area contributed by atoms with Gasteiger partial charge in [0, 0.05) is 31.8 Å². The fourth-order valence-electron chi connectivity index (χ4n) is 1.99. The minimum atomic E-state index is 0.660. The van der Waals surface area contributed by atoms with Gasteiger partial charge in [0.1, 0.15) is 0 Å². The van der Waals surface area contributed by atoms with Crippen LogP contribution in [0.1, 0.15) is 16.7 Å². The maximum absolute atomic E-state index is 8.05. The lowest BCUT2D eigenvalue weighted by Gasteiger charge is -1.90. The molecule has 0 aliphatic carbocycles. The quantitative estimate of drug-likeness (QED) is 0.235. The first kappa shape index (κ1) is 23.6. The predicted molar refractivity (Wildman–Crippen MR) is 120 cm³/mol. The highest BCUT2D eigenvalue weighted by molar-refractivity contribution is 5.39. The van der Waals surface area contributed by atoms with E-state index >= 15 is 0 Å². The summed E-state index contributed by atoms with van der Waals surface area (Å²) in [6.07, 6.45) is 0. The van der Waals surface area contributed by atoms with E-state index in [0.29, 0.717) is 17.1 Å². The summed E-state index contributed by atoms with van der Waals surface area (Å²) in [7, 11) is 0. The Morgan fingerprint density at radius 3 is 0.800 bits per heavy atom. The number of nitrogens with zero attached hydrogens (tertiary/aromatic N) is 9. The van der Waals surface area contributed by atoms with E-state index in [2.05, 4.69) is 30.1 Å². The van der Waals surface area contributed by atoms with Gasteiger partial charge in [-0.3, -0.25) is 0 Å². The molecule has 0 radical (unpaired) electrons. The van der Waals surface area contributed by atoms with Crippen molar-refractivity contribution in [1.29, 1.82) is 0 Å². The zero-order chi connectivity index (χ0) is 22.2. The molecule has 0 saturated carbocycles. The number of hydrogen-bond donors (Lipinski definition) is 0. The van der Waals surface area contributed by atoms with Crippen LogP contribution < -0.4 is 0 Å². The van der Waals surface area contributed by atoms with Crippen LogP contribution in [-0.4, -0.2) is 0 Å². The smallest absolute Gasteiger partial charge is 0.0375 e. The largest absolute Gasteiger partial charge is 0.0608 e. The van der Waals surface area contributed by atoms with Crippen LogP contribution in [0.3, 0.4) is 0 Å². The minimum absolute atomic E-state index is 0.660. The number of benzene rings is 3. The van der Waals surface area contributed by atoms with Crippen molar-refractivity contribution < 1.29 is 0 Å². The van der Waals surface area contributed by atoms with Gasteiger partial charge in [0.2, 0.25) is 0 Å². The van der Waals surface area contributed by atoms with E-state index in [4.69, 9.17) is 16.6 Å². The Morgan fingerprint density at radius 1 is 0.433 bits per heavy atom. The van der Waals surface area contributed by atoms with Crippen LogP contribution in [0.15, 0.2) is 88.1 Å². The zero-order valence-electron chi connectivity index (χ0n) is 17.0. The molecule has 0 heterocycles. The average molecular weight is 399 g/mol. The lowest BCUT2D eigenvalue weighted by atomic mass is 10.2. The van der Waals surface area contributed by atoms with Gasteiger partial charge in [-0.2, -0.15) is 0 Å². The molecular weight excluding hydrogens is 378 g/mol. The van der Waals surface area contributed by atoms with Crippen LogP contribution >= 0.6 is 0 Å². The second-order valence-corrected chi connectivity index (χ2v) is 6.07. The van der Waals surface area contributed by atoms with Crippen molar-refractivity contribution in [1.82, 2.24) is 0 Å². The number of azide groups is 3. The molecule has 0 atom stereocenters. The lowest BCUT2D eigenvalue weighted by molar-refractivity contribution is 1.42. The third kappa shape index (κ3) is 10.1. The first-order valence-electron chi connectivity index (χ1n) is 8.83. The third-order valence-corrected chi connectivity index (χ3v) is 3.58. The van der Waals surface area contributed by atoms with Crippen LogP contribution in [-0.2, 0) is 0 Å². The standard InChI is InChI=1S/3C7H7N3/c3*1-6-2-4-7(5-3-6)9-10-8/h3*2-5H,1H3. The summed E-state index contributed by atoms with van der Waals surface area (Å²) >= 11 is 0. The van der Waals surface area contributed by atoms with E-state index in [-0.39, 0.29) is 0 Å². The molecule has 0 saturated heterocycles. The summed E-state index contributed by atoms with van der Waals surface area (Å²) in [5.74, 6) is 0. The van der Waals surface area contributed by atoms with Crippen molar-refractivity contribution in [3.05, 3.63) is 121 Å². The highest BCUT2D eigenvalue weighted by Crippen LogP contribution is 2.13. The predicted octanol–water partition coefficient (Wildman–Crippen LogP) is 8.81. The van der Waals surface area contributed by atoms with Gasteiger partial charge in [0.15, 0.2) is 0 Å². The number of hydrogen-bond acceptors (Lipinski definition) is 3. The molecule has 150 valence electrons. The summed E-state index contributed by atoms with van der Waals surface area (Å²) < 4.78 is 0. The lowest BCUT2D eigenvalue weighted by Crippen LogP contribution is -1.66. The van der Waals surface area contributed by atoms with Gasteiger partial charge in [0.05, 0.1) is 0 Å². The van der Waals surface area contributed by atoms with E-state index in [1.807, 2.05) is 57.2 Å². The summed E-state index contributed by atoms with van der Waals surface area (Å²) in [5.41, 5.74) is 29.6. The minimum Gasteiger partial charge on any atom is -0.0608 e. The Labute approximate surface area is 174 Å². The second kappa shape index (κ2) is 13.7. The molecule has 3 aromatic rings. The highest BCUT2D eigenvalue weighted by Gasteiger charge is 1.86. The molecule has 0 aromatic heterocycles. The van der Waals surface area contributed by atoms with Gasteiger partial charge in [-0.15, -0.1) is 0 Å². The molecule has 0 aliphatic heterocycles. The van der Waals surface area contributed by atoms with Crippen molar-refractivity contribution >= 4 is 17.1 Å². The number of rotatable bonds is 3. The summed E-state index contributed by atoms with van der Waals surface area (Å²) in [6.45, 7) is 5.96. The summed E-state index contributed by atoms with van der Waals surface area (Å²) in [4.78, 5) is 7.98. The molecule has 30 heavy (non-hydrogen) atoms.